The lowest BCUT2D eigenvalue weighted by Crippen LogP contribution is -2.53. The van der Waals surface area contributed by atoms with E-state index in [0.29, 0.717) is 24.1 Å². The number of nitriles is 1. The molecule has 0 bridgehead atoms. The van der Waals surface area contributed by atoms with Gasteiger partial charge in [0.15, 0.2) is 20.0 Å². The number of nitrogens with zero attached hydrogens (tertiary/aromatic N) is 3. The molecule has 1 aliphatic rings. The molecule has 4 rings (SSSR count). The van der Waals surface area contributed by atoms with Gasteiger partial charge in [0.2, 0.25) is 0 Å². The number of carbonyl (C=O) groups is 2. The van der Waals surface area contributed by atoms with Gasteiger partial charge in [-0.05, 0) is 74.1 Å². The molecule has 1 aliphatic heterocycles. The Morgan fingerprint density at radius 2 is 1.74 bits per heavy atom. The number of fused-ring (bicyclic) bond motifs is 1. The second-order valence-electron chi connectivity index (χ2n) is 14.7. The highest BCUT2D eigenvalue weighted by atomic mass is 28.4. The summed E-state index contributed by atoms with van der Waals surface area (Å²) in [5, 5.41) is 12.8. The molecule has 1 N–H and O–H groups in total. The van der Waals surface area contributed by atoms with Crippen LogP contribution in [-0.2, 0) is 32.2 Å². The van der Waals surface area contributed by atoms with Gasteiger partial charge in [-0.3, -0.25) is 9.36 Å². The Morgan fingerprint density at radius 1 is 1.09 bits per heavy atom. The molecule has 0 spiro atoms. The standard InChI is InChI=1S/C35H48N4O7Si/c1-34(2,3)45-33(42)39-17-16-27(46-47(8,9)35(4,5)6)22-43-30(21-39)31(40)37-26(20-36)18-23-10-12-24(13-11-23)25-14-15-29-28(19-25)38(7)32(41)44-29/h10-15,19,26-27,30H,16-18,21-22H2,1-9H3,(H,37,40)/t26-,27+,30-/m0/s1. The normalized spacial score (nSPS) is 18.6. The minimum Gasteiger partial charge on any atom is -0.444 e. The highest BCUT2D eigenvalue weighted by Gasteiger charge is 2.40. The van der Waals surface area contributed by atoms with Crippen molar-refractivity contribution in [3.63, 3.8) is 0 Å². The zero-order valence-corrected chi connectivity index (χ0v) is 30.0. The maximum Gasteiger partial charge on any atom is 0.419 e. The maximum absolute atomic E-state index is 13.6. The fourth-order valence-electron chi connectivity index (χ4n) is 5.06. The molecule has 1 saturated heterocycles. The molecule has 12 heteroatoms. The lowest BCUT2D eigenvalue weighted by molar-refractivity contribution is -0.137. The smallest absolute Gasteiger partial charge is 0.419 e. The van der Waals surface area contributed by atoms with Gasteiger partial charge in [0.25, 0.3) is 5.91 Å². The van der Waals surface area contributed by atoms with Crippen LogP contribution in [0.2, 0.25) is 18.1 Å². The Balaban J connectivity index is 1.46. The summed E-state index contributed by atoms with van der Waals surface area (Å²) in [6.45, 7) is 16.7. The van der Waals surface area contributed by atoms with Crippen LogP contribution in [0.5, 0.6) is 0 Å². The van der Waals surface area contributed by atoms with Crippen molar-refractivity contribution in [2.45, 2.75) is 96.4 Å². The number of aryl methyl sites for hydroxylation is 1. The van der Waals surface area contributed by atoms with Gasteiger partial charge < -0.3 is 28.5 Å². The molecule has 11 nitrogen and oxygen atoms in total. The fourth-order valence-corrected chi connectivity index (χ4v) is 6.43. The predicted molar refractivity (Wildman–Crippen MR) is 182 cm³/mol. The molecule has 1 fully saturated rings. The third kappa shape index (κ3) is 9.12. The number of carbonyl (C=O) groups excluding carboxylic acids is 2. The van der Waals surface area contributed by atoms with Crippen LogP contribution < -0.4 is 11.1 Å². The first-order valence-corrected chi connectivity index (χ1v) is 18.9. The number of benzene rings is 2. The largest absolute Gasteiger partial charge is 0.444 e. The number of rotatable bonds is 7. The molecule has 3 aromatic rings. The lowest BCUT2D eigenvalue weighted by Gasteiger charge is -2.41. The summed E-state index contributed by atoms with van der Waals surface area (Å²) < 4.78 is 25.1. The maximum atomic E-state index is 13.6. The van der Waals surface area contributed by atoms with Gasteiger partial charge in [-0.1, -0.05) is 51.1 Å². The Morgan fingerprint density at radius 3 is 2.36 bits per heavy atom. The van der Waals surface area contributed by atoms with Gasteiger partial charge >= 0.3 is 11.8 Å². The minimum absolute atomic E-state index is 0.00694. The Bertz CT molecular complexity index is 1680. The molecule has 0 aliphatic carbocycles. The van der Waals surface area contributed by atoms with Crippen LogP contribution >= 0.6 is 0 Å². The lowest BCUT2D eigenvalue weighted by atomic mass is 10.0. The molecule has 254 valence electrons. The van der Waals surface area contributed by atoms with Crippen LogP contribution in [0, 0.1) is 11.3 Å². The van der Waals surface area contributed by atoms with E-state index in [4.69, 9.17) is 18.3 Å². The second kappa shape index (κ2) is 14.1. The van der Waals surface area contributed by atoms with Crippen LogP contribution in [0.15, 0.2) is 51.7 Å². The first kappa shape index (κ1) is 35.9. The topological polar surface area (TPSA) is 136 Å². The minimum atomic E-state index is -2.16. The van der Waals surface area contributed by atoms with E-state index in [9.17, 15) is 19.6 Å². The summed E-state index contributed by atoms with van der Waals surface area (Å²) in [6.07, 6.45) is -1.03. The zero-order chi connectivity index (χ0) is 34.7. The summed E-state index contributed by atoms with van der Waals surface area (Å²) in [6, 6.07) is 14.6. The van der Waals surface area contributed by atoms with Crippen molar-refractivity contribution in [1.82, 2.24) is 14.8 Å². The summed E-state index contributed by atoms with van der Waals surface area (Å²) in [5.41, 5.74) is 3.21. The quantitative estimate of drug-likeness (QED) is 0.315. The molecule has 2 heterocycles. The van der Waals surface area contributed by atoms with Crippen LogP contribution in [-0.4, -0.2) is 73.3 Å². The summed E-state index contributed by atoms with van der Waals surface area (Å²) >= 11 is 0. The number of hydrogen-bond donors (Lipinski definition) is 1. The molecule has 2 aromatic carbocycles. The molecule has 47 heavy (non-hydrogen) atoms. The van der Waals surface area contributed by atoms with Crippen molar-refractivity contribution in [2.75, 3.05) is 19.7 Å². The molecule has 1 aromatic heterocycles. The third-order valence-corrected chi connectivity index (χ3v) is 13.3. The highest BCUT2D eigenvalue weighted by Crippen LogP contribution is 2.38. The van der Waals surface area contributed by atoms with E-state index in [1.54, 1.807) is 33.9 Å². The van der Waals surface area contributed by atoms with Crippen molar-refractivity contribution in [3.8, 4) is 17.2 Å². The average molecular weight is 665 g/mol. The molecule has 2 amide bonds. The van der Waals surface area contributed by atoms with Gasteiger partial charge in [0.05, 0.1) is 30.8 Å². The molecule has 0 saturated carbocycles. The van der Waals surface area contributed by atoms with E-state index in [0.717, 1.165) is 16.7 Å². The Labute approximate surface area is 277 Å². The van der Waals surface area contributed by atoms with Crippen LogP contribution in [0.25, 0.3) is 22.2 Å². The Hall–Kier alpha value is -3.92. The third-order valence-electron chi connectivity index (χ3n) is 8.79. The van der Waals surface area contributed by atoms with Gasteiger partial charge in [-0.2, -0.15) is 5.26 Å². The molecule has 0 unspecified atom stereocenters. The van der Waals surface area contributed by atoms with Crippen LogP contribution in [0.4, 0.5) is 4.79 Å². The first-order valence-electron chi connectivity index (χ1n) is 16.0. The van der Waals surface area contributed by atoms with E-state index in [1.165, 1.54) is 9.47 Å². The van der Waals surface area contributed by atoms with E-state index < -0.39 is 43.8 Å². The monoisotopic (exact) mass is 664 g/mol. The summed E-state index contributed by atoms with van der Waals surface area (Å²) in [7, 11) is -0.497. The molecule has 3 atom stereocenters. The number of nitrogens with one attached hydrogen (secondary N) is 1. The van der Waals surface area contributed by atoms with Gasteiger partial charge in [-0.15, -0.1) is 0 Å². The van der Waals surface area contributed by atoms with Crippen LogP contribution in [0.3, 0.4) is 0 Å². The Kier molecular flexibility index (Phi) is 10.7. The van der Waals surface area contributed by atoms with Crippen molar-refractivity contribution >= 4 is 31.4 Å². The SMILES string of the molecule is Cn1c(=O)oc2ccc(-c3ccc(C[C@@H](C#N)NC(=O)[C@@H]4CN(C(=O)OC(C)(C)C)CC[C@@H](O[Si](C)(C)C(C)(C)C)CO4)cc3)cc21. The van der Waals surface area contributed by atoms with E-state index in [1.807, 2.05) is 36.4 Å². The number of aromatic nitrogens is 1. The number of oxazole rings is 1. The van der Waals surface area contributed by atoms with Crippen molar-refractivity contribution in [1.29, 1.82) is 5.26 Å². The van der Waals surface area contributed by atoms with Gasteiger partial charge in [0.1, 0.15) is 11.6 Å². The van der Waals surface area contributed by atoms with Crippen molar-refractivity contribution in [2.24, 2.45) is 7.05 Å². The first-order chi connectivity index (χ1) is 21.9. The van der Waals surface area contributed by atoms with E-state index >= 15 is 0 Å². The van der Waals surface area contributed by atoms with Gasteiger partial charge in [-0.25, -0.2) is 9.59 Å². The molecular weight excluding hydrogens is 616 g/mol. The summed E-state index contributed by atoms with van der Waals surface area (Å²) in [5.74, 6) is -0.896. The summed E-state index contributed by atoms with van der Waals surface area (Å²) in [4.78, 5) is 40.1. The van der Waals surface area contributed by atoms with Crippen molar-refractivity contribution in [3.05, 3.63) is 58.6 Å². The molecule has 0 radical (unpaired) electrons. The van der Waals surface area contributed by atoms with E-state index in [-0.39, 0.29) is 30.7 Å². The van der Waals surface area contributed by atoms with Crippen molar-refractivity contribution < 1.29 is 27.9 Å². The average Bonchev–Trinajstić information content (AvgIpc) is 3.25. The fraction of sp³-hybridized carbons (Fsp3) is 0.543. The number of hydrogen-bond acceptors (Lipinski definition) is 8. The predicted octanol–water partition coefficient (Wildman–Crippen LogP) is 5.77. The van der Waals surface area contributed by atoms with Gasteiger partial charge in [0, 0.05) is 20.0 Å². The molecular formula is C35H48N4O7Si. The second-order valence-corrected chi connectivity index (χ2v) is 19.5. The zero-order valence-electron chi connectivity index (χ0n) is 29.0. The highest BCUT2D eigenvalue weighted by molar-refractivity contribution is 6.74. The number of ether oxygens (including phenoxy) is 2. The number of amides is 2. The van der Waals surface area contributed by atoms with Crippen LogP contribution in [0.1, 0.15) is 53.5 Å². The van der Waals surface area contributed by atoms with E-state index in [2.05, 4.69) is 45.3 Å².